The SMILES string of the molecule is CN(C(=O)CNc1ccccc1C(=O)Nc1ccc(Cl)cc1)C1(C#N)CCCCC1. The monoisotopic (exact) mass is 424 g/mol. The van der Waals surface area contributed by atoms with Gasteiger partial charge in [0.1, 0.15) is 5.54 Å². The Balaban J connectivity index is 1.67. The third-order valence-corrected chi connectivity index (χ3v) is 5.86. The first-order valence-corrected chi connectivity index (χ1v) is 10.4. The number of hydrogen-bond acceptors (Lipinski definition) is 4. The van der Waals surface area contributed by atoms with Gasteiger partial charge in [0.25, 0.3) is 5.91 Å². The standard InChI is InChI=1S/C23H25ClN4O2/c1-28(23(16-25)13-5-2-6-14-23)21(29)15-26-20-8-4-3-7-19(20)22(30)27-18-11-9-17(24)10-12-18/h3-4,7-12,26H,2,5-6,13-15H2,1H3,(H,27,30). The van der Waals surface area contributed by atoms with Gasteiger partial charge in [-0.15, -0.1) is 0 Å². The Hall–Kier alpha value is -3.04. The van der Waals surface area contributed by atoms with E-state index in [-0.39, 0.29) is 18.4 Å². The molecular formula is C23H25ClN4O2. The molecule has 7 heteroatoms. The summed E-state index contributed by atoms with van der Waals surface area (Å²) < 4.78 is 0. The van der Waals surface area contributed by atoms with Gasteiger partial charge in [0.2, 0.25) is 5.91 Å². The number of nitrogens with one attached hydrogen (secondary N) is 2. The van der Waals surface area contributed by atoms with Crippen molar-refractivity contribution in [2.24, 2.45) is 0 Å². The number of para-hydroxylation sites is 1. The molecule has 0 radical (unpaired) electrons. The Bertz CT molecular complexity index is 946. The second kappa shape index (κ2) is 9.64. The fourth-order valence-electron chi connectivity index (χ4n) is 3.75. The average Bonchev–Trinajstić information content (AvgIpc) is 2.79. The molecule has 30 heavy (non-hydrogen) atoms. The Morgan fingerprint density at radius 2 is 1.77 bits per heavy atom. The largest absolute Gasteiger partial charge is 0.376 e. The Morgan fingerprint density at radius 1 is 1.10 bits per heavy atom. The van der Waals surface area contributed by atoms with Gasteiger partial charge in [0.15, 0.2) is 0 Å². The fourth-order valence-corrected chi connectivity index (χ4v) is 3.88. The summed E-state index contributed by atoms with van der Waals surface area (Å²) in [7, 11) is 1.69. The summed E-state index contributed by atoms with van der Waals surface area (Å²) in [6.07, 6.45) is 4.40. The van der Waals surface area contributed by atoms with Crippen molar-refractivity contribution < 1.29 is 9.59 Å². The quantitative estimate of drug-likeness (QED) is 0.704. The zero-order valence-corrected chi connectivity index (χ0v) is 17.7. The molecule has 2 N–H and O–H groups in total. The topological polar surface area (TPSA) is 85.2 Å². The van der Waals surface area contributed by atoms with Crippen LogP contribution >= 0.6 is 11.6 Å². The summed E-state index contributed by atoms with van der Waals surface area (Å²) in [4.78, 5) is 27.1. The molecule has 1 aliphatic rings. The third-order valence-electron chi connectivity index (χ3n) is 5.61. The van der Waals surface area contributed by atoms with Crippen molar-refractivity contribution in [1.82, 2.24) is 4.90 Å². The molecule has 1 fully saturated rings. The summed E-state index contributed by atoms with van der Waals surface area (Å²) in [6.45, 7) is 0.00513. The molecule has 0 heterocycles. The molecule has 0 saturated heterocycles. The summed E-state index contributed by atoms with van der Waals surface area (Å²) >= 11 is 5.88. The number of nitriles is 1. The van der Waals surface area contributed by atoms with E-state index in [1.54, 1.807) is 60.5 Å². The van der Waals surface area contributed by atoms with E-state index in [4.69, 9.17) is 11.6 Å². The van der Waals surface area contributed by atoms with E-state index in [2.05, 4.69) is 16.7 Å². The molecule has 2 amide bonds. The van der Waals surface area contributed by atoms with Crippen molar-refractivity contribution in [2.75, 3.05) is 24.2 Å². The van der Waals surface area contributed by atoms with Crippen LogP contribution in [0.15, 0.2) is 48.5 Å². The number of nitrogens with zero attached hydrogens (tertiary/aromatic N) is 2. The smallest absolute Gasteiger partial charge is 0.257 e. The molecule has 156 valence electrons. The van der Waals surface area contributed by atoms with Gasteiger partial charge in [-0.1, -0.05) is 43.0 Å². The highest BCUT2D eigenvalue weighted by atomic mass is 35.5. The molecule has 6 nitrogen and oxygen atoms in total. The normalized spacial score (nSPS) is 15.0. The second-order valence-electron chi connectivity index (χ2n) is 7.52. The Labute approximate surface area is 181 Å². The number of benzene rings is 2. The highest BCUT2D eigenvalue weighted by molar-refractivity contribution is 6.30. The molecule has 2 aromatic carbocycles. The zero-order valence-electron chi connectivity index (χ0n) is 17.0. The van der Waals surface area contributed by atoms with Crippen LogP contribution in [-0.4, -0.2) is 35.8 Å². The molecule has 1 aliphatic carbocycles. The second-order valence-corrected chi connectivity index (χ2v) is 7.95. The minimum Gasteiger partial charge on any atom is -0.376 e. The fraction of sp³-hybridized carbons (Fsp3) is 0.348. The van der Waals surface area contributed by atoms with Crippen LogP contribution in [0.25, 0.3) is 0 Å². The van der Waals surface area contributed by atoms with Crippen LogP contribution in [0, 0.1) is 11.3 Å². The molecule has 0 unspecified atom stereocenters. The lowest BCUT2D eigenvalue weighted by atomic mass is 9.81. The van der Waals surface area contributed by atoms with Gasteiger partial charge in [0.05, 0.1) is 18.2 Å². The molecule has 0 atom stereocenters. The molecular weight excluding hydrogens is 400 g/mol. The van der Waals surface area contributed by atoms with Gasteiger partial charge in [-0.2, -0.15) is 5.26 Å². The summed E-state index contributed by atoms with van der Waals surface area (Å²) in [5.41, 5.74) is 0.877. The predicted molar refractivity (Wildman–Crippen MR) is 119 cm³/mol. The summed E-state index contributed by atoms with van der Waals surface area (Å²) in [5.74, 6) is -0.464. The number of amides is 2. The van der Waals surface area contributed by atoms with E-state index in [9.17, 15) is 14.9 Å². The first-order chi connectivity index (χ1) is 14.4. The van der Waals surface area contributed by atoms with Gasteiger partial charge in [-0.05, 0) is 49.2 Å². The number of hydrogen-bond donors (Lipinski definition) is 2. The van der Waals surface area contributed by atoms with Gasteiger partial charge < -0.3 is 15.5 Å². The lowest BCUT2D eigenvalue weighted by Crippen LogP contribution is -2.51. The molecule has 0 bridgehead atoms. The maximum absolute atomic E-state index is 12.8. The van der Waals surface area contributed by atoms with Crippen LogP contribution in [0.2, 0.25) is 5.02 Å². The van der Waals surface area contributed by atoms with Crippen LogP contribution < -0.4 is 10.6 Å². The van der Waals surface area contributed by atoms with E-state index in [1.807, 2.05) is 0 Å². The Kier molecular flexibility index (Phi) is 6.96. The third kappa shape index (κ3) is 4.92. The van der Waals surface area contributed by atoms with Crippen LogP contribution in [-0.2, 0) is 4.79 Å². The lowest BCUT2D eigenvalue weighted by Gasteiger charge is -2.39. The van der Waals surface area contributed by atoms with Crippen LogP contribution in [0.1, 0.15) is 42.5 Å². The van der Waals surface area contributed by atoms with Gasteiger partial charge in [-0.3, -0.25) is 9.59 Å². The minimum atomic E-state index is -0.734. The molecule has 0 spiro atoms. The first-order valence-electron chi connectivity index (χ1n) is 10.0. The number of rotatable bonds is 6. The van der Waals surface area contributed by atoms with Crippen molar-refractivity contribution in [3.8, 4) is 6.07 Å². The van der Waals surface area contributed by atoms with E-state index in [0.717, 1.165) is 19.3 Å². The number of anilines is 2. The van der Waals surface area contributed by atoms with Crippen LogP contribution in [0.4, 0.5) is 11.4 Å². The Morgan fingerprint density at radius 3 is 2.43 bits per heavy atom. The van der Waals surface area contributed by atoms with E-state index in [0.29, 0.717) is 34.8 Å². The number of carbonyl (C=O) groups excluding carboxylic acids is 2. The molecule has 0 aromatic heterocycles. The highest BCUT2D eigenvalue weighted by Crippen LogP contribution is 2.32. The average molecular weight is 425 g/mol. The van der Waals surface area contributed by atoms with E-state index >= 15 is 0 Å². The van der Waals surface area contributed by atoms with Crippen LogP contribution in [0.3, 0.4) is 0 Å². The van der Waals surface area contributed by atoms with Crippen molar-refractivity contribution in [3.63, 3.8) is 0 Å². The van der Waals surface area contributed by atoms with Gasteiger partial charge >= 0.3 is 0 Å². The number of halogens is 1. The van der Waals surface area contributed by atoms with Crippen molar-refractivity contribution >= 4 is 34.8 Å². The molecule has 3 rings (SSSR count). The number of carbonyl (C=O) groups is 2. The van der Waals surface area contributed by atoms with E-state index in [1.165, 1.54) is 0 Å². The van der Waals surface area contributed by atoms with Crippen molar-refractivity contribution in [2.45, 2.75) is 37.6 Å². The molecule has 0 aliphatic heterocycles. The number of likely N-dealkylation sites (N-methyl/N-ethyl adjacent to an activating group) is 1. The predicted octanol–water partition coefficient (Wildman–Crippen LogP) is 4.69. The maximum Gasteiger partial charge on any atom is 0.257 e. The highest BCUT2D eigenvalue weighted by Gasteiger charge is 2.38. The van der Waals surface area contributed by atoms with Crippen molar-refractivity contribution in [3.05, 3.63) is 59.1 Å². The molecule has 2 aromatic rings. The minimum absolute atomic E-state index is 0.00513. The zero-order chi connectivity index (χ0) is 21.6. The van der Waals surface area contributed by atoms with Gasteiger partial charge in [0, 0.05) is 23.4 Å². The van der Waals surface area contributed by atoms with Crippen molar-refractivity contribution in [1.29, 1.82) is 5.26 Å². The van der Waals surface area contributed by atoms with E-state index < -0.39 is 5.54 Å². The summed E-state index contributed by atoms with van der Waals surface area (Å²) in [5, 5.41) is 16.2. The van der Waals surface area contributed by atoms with Gasteiger partial charge in [-0.25, -0.2) is 0 Å². The maximum atomic E-state index is 12.8. The van der Waals surface area contributed by atoms with Crippen LogP contribution in [0.5, 0.6) is 0 Å². The summed E-state index contributed by atoms with van der Waals surface area (Å²) in [6, 6.07) is 16.2. The lowest BCUT2D eigenvalue weighted by molar-refractivity contribution is -0.132. The first kappa shape index (κ1) is 21.7. The molecule has 1 saturated carbocycles.